The largest absolute Gasteiger partial charge is 0.352 e. The Labute approximate surface area is 159 Å². The number of aromatic amines is 1. The van der Waals surface area contributed by atoms with Gasteiger partial charge < -0.3 is 15.6 Å². The molecule has 25 heavy (non-hydrogen) atoms. The number of aromatic nitrogens is 4. The summed E-state index contributed by atoms with van der Waals surface area (Å²) in [5.41, 5.74) is 9.01. The first-order valence-corrected chi connectivity index (χ1v) is 7.91. The van der Waals surface area contributed by atoms with Crippen molar-refractivity contribution < 1.29 is 0 Å². The first kappa shape index (κ1) is 19.4. The number of hydrogen-bond donors (Lipinski definition) is 2. The van der Waals surface area contributed by atoms with Crippen molar-refractivity contribution in [3.63, 3.8) is 0 Å². The first-order valence-electron chi connectivity index (χ1n) is 7.91. The monoisotopic (exact) mass is 380 g/mol. The van der Waals surface area contributed by atoms with E-state index in [2.05, 4.69) is 30.9 Å². The number of hydrogen-bond acceptors (Lipinski definition) is 5. The van der Waals surface area contributed by atoms with E-state index >= 15 is 0 Å². The van der Waals surface area contributed by atoms with E-state index in [1.807, 2.05) is 31.3 Å². The van der Waals surface area contributed by atoms with E-state index in [-0.39, 0.29) is 24.8 Å². The van der Waals surface area contributed by atoms with Gasteiger partial charge in [0.25, 0.3) is 0 Å². The number of nitrogens with zero attached hydrogens (tertiary/aromatic N) is 4. The Hall–Kier alpha value is -1.89. The van der Waals surface area contributed by atoms with E-state index in [0.717, 1.165) is 41.2 Å². The highest BCUT2D eigenvalue weighted by Crippen LogP contribution is 2.35. The minimum Gasteiger partial charge on any atom is -0.352 e. The number of fused-ring (bicyclic) bond motifs is 1. The zero-order valence-corrected chi connectivity index (χ0v) is 15.6. The third-order valence-electron chi connectivity index (χ3n) is 4.48. The predicted octanol–water partition coefficient (Wildman–Crippen LogP) is 3.04. The fraction of sp³-hybridized carbons (Fsp3) is 0.353. The summed E-state index contributed by atoms with van der Waals surface area (Å²) < 4.78 is 0. The second-order valence-corrected chi connectivity index (χ2v) is 6.29. The van der Waals surface area contributed by atoms with Crippen LogP contribution in [-0.4, -0.2) is 33.0 Å². The molecule has 2 heterocycles. The average molecular weight is 381 g/mol. The number of H-pyrrole nitrogens is 1. The van der Waals surface area contributed by atoms with Crippen molar-refractivity contribution in [2.45, 2.75) is 31.3 Å². The molecule has 6 nitrogen and oxygen atoms in total. The molecule has 4 rings (SSSR count). The lowest BCUT2D eigenvalue weighted by Gasteiger charge is -2.32. The van der Waals surface area contributed by atoms with Crippen molar-refractivity contribution in [2.24, 2.45) is 5.73 Å². The Morgan fingerprint density at radius 3 is 2.68 bits per heavy atom. The van der Waals surface area contributed by atoms with Crippen LogP contribution in [0, 0.1) is 0 Å². The van der Waals surface area contributed by atoms with E-state index in [1.54, 1.807) is 6.33 Å². The summed E-state index contributed by atoms with van der Waals surface area (Å²) in [6.07, 6.45) is 3.68. The minimum absolute atomic E-state index is 0. The lowest BCUT2D eigenvalue weighted by atomic mass is 9.78. The Kier molecular flexibility index (Phi) is 6.21. The van der Waals surface area contributed by atoms with Gasteiger partial charge in [0.1, 0.15) is 18.0 Å². The number of anilines is 1. The van der Waals surface area contributed by atoms with Gasteiger partial charge in [-0.25, -0.2) is 15.0 Å². The molecule has 1 fully saturated rings. The molecular weight excluding hydrogens is 359 g/mol. The van der Waals surface area contributed by atoms with Crippen LogP contribution in [0.25, 0.3) is 11.0 Å². The molecule has 1 aromatic carbocycles. The van der Waals surface area contributed by atoms with Gasteiger partial charge in [-0.1, -0.05) is 12.1 Å². The number of nitrogens with two attached hydrogens (primary N) is 1. The highest BCUT2D eigenvalue weighted by atomic mass is 35.5. The van der Waals surface area contributed by atoms with Crippen LogP contribution in [0.2, 0.25) is 0 Å². The minimum atomic E-state index is 0. The van der Waals surface area contributed by atoms with Gasteiger partial charge in [-0.3, -0.25) is 0 Å². The van der Waals surface area contributed by atoms with Gasteiger partial charge >= 0.3 is 0 Å². The van der Waals surface area contributed by atoms with Crippen LogP contribution in [0.5, 0.6) is 0 Å². The summed E-state index contributed by atoms with van der Waals surface area (Å²) in [7, 11) is 2.02. The number of benzene rings is 1. The molecular formula is C17H22Cl2N6. The van der Waals surface area contributed by atoms with E-state index in [4.69, 9.17) is 5.73 Å². The summed E-state index contributed by atoms with van der Waals surface area (Å²) in [5, 5.41) is 0. The smallest absolute Gasteiger partial charge is 0.132 e. The quantitative estimate of drug-likeness (QED) is 0.726. The van der Waals surface area contributed by atoms with Crippen molar-refractivity contribution in [3.8, 4) is 0 Å². The number of rotatable bonds is 4. The van der Waals surface area contributed by atoms with Crippen LogP contribution in [-0.2, 0) is 6.54 Å². The third kappa shape index (κ3) is 4.03. The van der Waals surface area contributed by atoms with Crippen molar-refractivity contribution >= 4 is 41.7 Å². The fourth-order valence-corrected chi connectivity index (χ4v) is 3.08. The summed E-state index contributed by atoms with van der Waals surface area (Å²) in [6, 6.07) is 10.4. The molecule has 2 aromatic heterocycles. The Bertz CT molecular complexity index is 798. The topological polar surface area (TPSA) is 83.7 Å². The summed E-state index contributed by atoms with van der Waals surface area (Å²) in [5.74, 6) is 2.32. The molecule has 3 aromatic rings. The van der Waals surface area contributed by atoms with Gasteiger partial charge in [-0.05, 0) is 25.0 Å². The molecule has 0 bridgehead atoms. The highest BCUT2D eigenvalue weighted by Gasteiger charge is 2.28. The van der Waals surface area contributed by atoms with Gasteiger partial charge in [0.2, 0.25) is 0 Å². The van der Waals surface area contributed by atoms with E-state index in [1.165, 1.54) is 0 Å². The zero-order chi connectivity index (χ0) is 15.8. The van der Waals surface area contributed by atoms with E-state index in [9.17, 15) is 0 Å². The SMILES string of the molecule is CN(Cc1nc2ccccc2[nH]1)c1cc(C2CC(N)C2)ncn1.Cl.Cl. The van der Waals surface area contributed by atoms with Crippen molar-refractivity contribution in [1.82, 2.24) is 19.9 Å². The van der Waals surface area contributed by atoms with Crippen molar-refractivity contribution in [3.05, 3.63) is 48.2 Å². The van der Waals surface area contributed by atoms with Gasteiger partial charge in [-0.2, -0.15) is 0 Å². The third-order valence-corrected chi connectivity index (χ3v) is 4.48. The van der Waals surface area contributed by atoms with Crippen molar-refractivity contribution in [2.75, 3.05) is 11.9 Å². The zero-order valence-electron chi connectivity index (χ0n) is 13.9. The molecule has 1 saturated carbocycles. The number of nitrogens with one attached hydrogen (secondary N) is 1. The number of para-hydroxylation sites is 2. The Morgan fingerprint density at radius 2 is 1.96 bits per heavy atom. The van der Waals surface area contributed by atoms with Gasteiger partial charge in [-0.15, -0.1) is 24.8 Å². The molecule has 1 aliphatic carbocycles. The van der Waals surface area contributed by atoms with E-state index < -0.39 is 0 Å². The Morgan fingerprint density at radius 1 is 1.20 bits per heavy atom. The molecule has 0 amide bonds. The standard InChI is InChI=1S/C17H20N6.2ClH/c1-23(9-16-21-13-4-2-3-5-14(13)22-16)17-8-15(19-10-20-17)11-6-12(18)7-11;;/h2-5,8,10-12H,6-7,9,18H2,1H3,(H,21,22);2*1H. The normalized spacial score (nSPS) is 18.8. The maximum Gasteiger partial charge on any atom is 0.132 e. The molecule has 134 valence electrons. The maximum absolute atomic E-state index is 5.88. The van der Waals surface area contributed by atoms with Crippen LogP contribution in [0.3, 0.4) is 0 Å². The van der Waals surface area contributed by atoms with Crippen LogP contribution < -0.4 is 10.6 Å². The molecule has 0 saturated heterocycles. The van der Waals surface area contributed by atoms with Crippen LogP contribution in [0.1, 0.15) is 30.3 Å². The lowest BCUT2D eigenvalue weighted by molar-refractivity contribution is 0.345. The molecule has 0 aliphatic heterocycles. The number of imidazole rings is 1. The van der Waals surface area contributed by atoms with Crippen LogP contribution >= 0.6 is 24.8 Å². The second kappa shape index (κ2) is 7.99. The predicted molar refractivity (Wildman–Crippen MR) is 105 cm³/mol. The Balaban J connectivity index is 0.00000113. The molecule has 3 N–H and O–H groups in total. The van der Waals surface area contributed by atoms with Crippen molar-refractivity contribution in [1.29, 1.82) is 0 Å². The summed E-state index contributed by atoms with van der Waals surface area (Å²) >= 11 is 0. The molecule has 0 radical (unpaired) electrons. The first-order chi connectivity index (χ1) is 11.2. The van der Waals surface area contributed by atoms with Gasteiger partial charge in [0, 0.05) is 30.8 Å². The second-order valence-electron chi connectivity index (χ2n) is 6.29. The maximum atomic E-state index is 5.88. The lowest BCUT2D eigenvalue weighted by Crippen LogP contribution is -2.35. The van der Waals surface area contributed by atoms with Crippen LogP contribution in [0.4, 0.5) is 5.82 Å². The van der Waals surface area contributed by atoms with Gasteiger partial charge in [0.15, 0.2) is 0 Å². The highest BCUT2D eigenvalue weighted by molar-refractivity contribution is 5.85. The van der Waals surface area contributed by atoms with Crippen LogP contribution in [0.15, 0.2) is 36.7 Å². The van der Waals surface area contributed by atoms with Gasteiger partial charge in [0.05, 0.1) is 17.6 Å². The molecule has 1 aliphatic rings. The molecule has 0 unspecified atom stereocenters. The molecule has 0 spiro atoms. The fourth-order valence-electron chi connectivity index (χ4n) is 3.08. The molecule has 8 heteroatoms. The summed E-state index contributed by atoms with van der Waals surface area (Å²) in [4.78, 5) is 18.8. The molecule has 0 atom stereocenters. The number of halogens is 2. The average Bonchev–Trinajstić information content (AvgIpc) is 2.94. The van der Waals surface area contributed by atoms with E-state index in [0.29, 0.717) is 18.5 Å². The summed E-state index contributed by atoms with van der Waals surface area (Å²) in [6.45, 7) is 0.676.